The Kier molecular flexibility index (Phi) is 4.75. The van der Waals surface area contributed by atoms with Crippen LogP contribution in [-0.4, -0.2) is 15.9 Å². The van der Waals surface area contributed by atoms with E-state index in [0.29, 0.717) is 15.0 Å². The Hall–Kier alpha value is -1.76. The summed E-state index contributed by atoms with van der Waals surface area (Å²) in [4.78, 5) is 21.8. The first-order valence-corrected chi connectivity index (χ1v) is 9.13. The Morgan fingerprint density at radius 3 is 2.65 bits per heavy atom. The van der Waals surface area contributed by atoms with Crippen LogP contribution in [0.15, 0.2) is 29.6 Å². The van der Waals surface area contributed by atoms with Crippen LogP contribution < -0.4 is 5.32 Å². The number of thiazole rings is 2. The van der Waals surface area contributed by atoms with Gasteiger partial charge in [-0.3, -0.25) is 10.1 Å². The van der Waals surface area contributed by atoms with E-state index in [0.717, 1.165) is 28.4 Å². The second-order valence-electron chi connectivity index (χ2n) is 4.87. The highest BCUT2D eigenvalue weighted by atomic mass is 35.5. The maximum atomic E-state index is 12.4. The van der Waals surface area contributed by atoms with E-state index in [1.807, 2.05) is 43.5 Å². The van der Waals surface area contributed by atoms with E-state index in [4.69, 9.17) is 11.6 Å². The molecule has 0 saturated heterocycles. The molecule has 1 aromatic carbocycles. The molecule has 1 N–H and O–H groups in total. The number of nitrogens with zero attached hydrogens (tertiary/aromatic N) is 2. The third kappa shape index (κ3) is 3.60. The van der Waals surface area contributed by atoms with Crippen LogP contribution in [0.4, 0.5) is 5.13 Å². The van der Waals surface area contributed by atoms with Crippen molar-refractivity contribution >= 4 is 45.3 Å². The second kappa shape index (κ2) is 6.78. The normalized spacial score (nSPS) is 10.7. The molecule has 2 heterocycles. The van der Waals surface area contributed by atoms with Crippen LogP contribution in [0, 0.1) is 6.92 Å². The van der Waals surface area contributed by atoms with Gasteiger partial charge in [-0.05, 0) is 25.5 Å². The van der Waals surface area contributed by atoms with Crippen molar-refractivity contribution in [2.24, 2.45) is 0 Å². The summed E-state index contributed by atoms with van der Waals surface area (Å²) in [7, 11) is 0. The second-order valence-corrected chi connectivity index (χ2v) is 7.25. The van der Waals surface area contributed by atoms with Crippen molar-refractivity contribution in [3.63, 3.8) is 0 Å². The lowest BCUT2D eigenvalue weighted by atomic mass is 10.2. The van der Waals surface area contributed by atoms with Crippen LogP contribution >= 0.6 is 34.3 Å². The maximum absolute atomic E-state index is 12.4. The molecule has 0 atom stereocenters. The smallest absolute Gasteiger partial charge is 0.269 e. The number of halogens is 1. The molecule has 2 aromatic heterocycles. The molecule has 0 spiro atoms. The van der Waals surface area contributed by atoms with Gasteiger partial charge >= 0.3 is 0 Å². The molecule has 3 aromatic rings. The van der Waals surface area contributed by atoms with Gasteiger partial charge in [0, 0.05) is 16.0 Å². The summed E-state index contributed by atoms with van der Waals surface area (Å²) in [5, 5.41) is 6.99. The number of aromatic nitrogens is 2. The largest absolute Gasteiger partial charge is 0.297 e. The average Bonchev–Trinajstić information content (AvgIpc) is 3.14. The van der Waals surface area contributed by atoms with Gasteiger partial charge in [0.15, 0.2) is 5.13 Å². The Labute approximate surface area is 147 Å². The number of nitrogens with one attached hydrogen (secondary N) is 1. The first-order chi connectivity index (χ1) is 11.1. The van der Waals surface area contributed by atoms with Gasteiger partial charge in [0.05, 0.1) is 16.4 Å². The van der Waals surface area contributed by atoms with Crippen LogP contribution in [0.1, 0.15) is 27.3 Å². The number of aryl methyl sites for hydroxylation is 2. The molecule has 1 amide bonds. The van der Waals surface area contributed by atoms with Gasteiger partial charge in [-0.15, -0.1) is 22.7 Å². The van der Waals surface area contributed by atoms with Gasteiger partial charge in [0.2, 0.25) is 0 Å². The van der Waals surface area contributed by atoms with Crippen molar-refractivity contribution in [2.75, 3.05) is 5.32 Å². The Balaban J connectivity index is 1.77. The van der Waals surface area contributed by atoms with E-state index in [9.17, 15) is 4.79 Å². The minimum absolute atomic E-state index is 0.156. The lowest BCUT2D eigenvalue weighted by Gasteiger charge is -1.99. The monoisotopic (exact) mass is 363 g/mol. The third-order valence-electron chi connectivity index (χ3n) is 3.21. The van der Waals surface area contributed by atoms with E-state index in [-0.39, 0.29) is 5.91 Å². The molecule has 3 rings (SSSR count). The molecule has 118 valence electrons. The number of hydrogen-bond acceptors (Lipinski definition) is 5. The highest BCUT2D eigenvalue weighted by Crippen LogP contribution is 2.27. The standard InChI is InChI=1S/C16H14ClN3OS2/c1-3-13-18-9(2)14(23-13)15(21)20-16-19-12(8-22-16)10-4-6-11(17)7-5-10/h4-8H,3H2,1-2H3,(H,19,20,21). The minimum atomic E-state index is -0.156. The number of benzene rings is 1. The number of anilines is 1. The van der Waals surface area contributed by atoms with E-state index in [1.54, 1.807) is 0 Å². The molecule has 23 heavy (non-hydrogen) atoms. The lowest BCUT2D eigenvalue weighted by Crippen LogP contribution is -2.11. The van der Waals surface area contributed by atoms with Crippen molar-refractivity contribution in [3.05, 3.63) is 50.2 Å². The fraction of sp³-hybridized carbons (Fsp3) is 0.188. The van der Waals surface area contributed by atoms with E-state index < -0.39 is 0 Å². The zero-order valence-electron chi connectivity index (χ0n) is 12.6. The molecular formula is C16H14ClN3OS2. The zero-order chi connectivity index (χ0) is 16.4. The number of carbonyl (C=O) groups excluding carboxylic acids is 1. The Morgan fingerprint density at radius 2 is 2.00 bits per heavy atom. The maximum Gasteiger partial charge on any atom is 0.269 e. The van der Waals surface area contributed by atoms with Gasteiger partial charge in [-0.1, -0.05) is 30.7 Å². The molecule has 0 unspecified atom stereocenters. The molecule has 0 fully saturated rings. The van der Waals surface area contributed by atoms with Crippen LogP contribution in [0.2, 0.25) is 5.02 Å². The predicted molar refractivity (Wildman–Crippen MR) is 96.7 cm³/mol. The summed E-state index contributed by atoms with van der Waals surface area (Å²) in [5.41, 5.74) is 2.55. The van der Waals surface area contributed by atoms with Gasteiger partial charge in [0.25, 0.3) is 5.91 Å². The van der Waals surface area contributed by atoms with E-state index in [1.165, 1.54) is 22.7 Å². The molecule has 0 saturated carbocycles. The lowest BCUT2D eigenvalue weighted by molar-refractivity contribution is 0.103. The molecule has 0 aliphatic carbocycles. The summed E-state index contributed by atoms with van der Waals surface area (Å²) >= 11 is 8.72. The van der Waals surface area contributed by atoms with Crippen molar-refractivity contribution in [1.29, 1.82) is 0 Å². The van der Waals surface area contributed by atoms with Gasteiger partial charge in [-0.2, -0.15) is 0 Å². The number of carbonyl (C=O) groups is 1. The summed E-state index contributed by atoms with van der Waals surface area (Å²) < 4.78 is 0. The molecule has 7 heteroatoms. The molecule has 4 nitrogen and oxygen atoms in total. The van der Waals surface area contributed by atoms with Gasteiger partial charge in [0.1, 0.15) is 4.88 Å². The summed E-state index contributed by atoms with van der Waals surface area (Å²) in [6, 6.07) is 7.45. The quantitative estimate of drug-likeness (QED) is 0.706. The summed E-state index contributed by atoms with van der Waals surface area (Å²) in [6.45, 7) is 3.88. The van der Waals surface area contributed by atoms with Crippen molar-refractivity contribution < 1.29 is 4.79 Å². The van der Waals surface area contributed by atoms with Crippen molar-refractivity contribution in [2.45, 2.75) is 20.3 Å². The van der Waals surface area contributed by atoms with Crippen molar-refractivity contribution in [3.8, 4) is 11.3 Å². The fourth-order valence-electron chi connectivity index (χ4n) is 2.05. The number of amides is 1. The molecule has 0 bridgehead atoms. The summed E-state index contributed by atoms with van der Waals surface area (Å²) in [5.74, 6) is -0.156. The Morgan fingerprint density at radius 1 is 1.26 bits per heavy atom. The predicted octanol–water partition coefficient (Wildman–Crippen LogP) is 5.04. The van der Waals surface area contributed by atoms with E-state index in [2.05, 4.69) is 15.3 Å². The minimum Gasteiger partial charge on any atom is -0.297 e. The zero-order valence-corrected chi connectivity index (χ0v) is 15.0. The fourth-order valence-corrected chi connectivity index (χ4v) is 3.79. The third-order valence-corrected chi connectivity index (χ3v) is 5.52. The molecule has 0 radical (unpaired) electrons. The van der Waals surface area contributed by atoms with Crippen LogP contribution in [0.25, 0.3) is 11.3 Å². The average molecular weight is 364 g/mol. The first kappa shape index (κ1) is 16.1. The molecular weight excluding hydrogens is 350 g/mol. The number of rotatable bonds is 4. The first-order valence-electron chi connectivity index (χ1n) is 7.06. The highest BCUT2D eigenvalue weighted by Gasteiger charge is 2.16. The van der Waals surface area contributed by atoms with Gasteiger partial charge < -0.3 is 0 Å². The van der Waals surface area contributed by atoms with Crippen molar-refractivity contribution in [1.82, 2.24) is 9.97 Å². The van der Waals surface area contributed by atoms with Crippen LogP contribution in [-0.2, 0) is 6.42 Å². The highest BCUT2D eigenvalue weighted by molar-refractivity contribution is 7.15. The van der Waals surface area contributed by atoms with Crippen LogP contribution in [0.5, 0.6) is 0 Å². The molecule has 0 aliphatic heterocycles. The number of hydrogen-bond donors (Lipinski definition) is 1. The topological polar surface area (TPSA) is 54.9 Å². The van der Waals surface area contributed by atoms with E-state index >= 15 is 0 Å². The molecule has 0 aliphatic rings. The summed E-state index contributed by atoms with van der Waals surface area (Å²) in [6.07, 6.45) is 0.830. The van der Waals surface area contributed by atoms with Gasteiger partial charge in [-0.25, -0.2) is 9.97 Å². The van der Waals surface area contributed by atoms with Crippen LogP contribution in [0.3, 0.4) is 0 Å². The SMILES string of the molecule is CCc1nc(C)c(C(=O)Nc2nc(-c3ccc(Cl)cc3)cs2)s1. The Bertz CT molecular complexity index is 839.